The molecule has 2 fully saturated rings. The zero-order valence-corrected chi connectivity index (χ0v) is 15.2. The Morgan fingerprint density at radius 1 is 1.29 bits per heavy atom. The number of hydrogen-bond acceptors (Lipinski definition) is 10. The number of aliphatic hydroxyl groups is 3. The second-order valence-corrected chi connectivity index (χ2v) is 7.90. The summed E-state index contributed by atoms with van der Waals surface area (Å²) in [5.41, 5.74) is 6.00. The van der Waals surface area contributed by atoms with Gasteiger partial charge in [0, 0.05) is 11.8 Å². The average molecular weight is 389 g/mol. The van der Waals surface area contributed by atoms with Gasteiger partial charge in [0.05, 0.1) is 12.9 Å². The lowest BCUT2D eigenvalue weighted by Gasteiger charge is -2.34. The smallest absolute Gasteiger partial charge is 0.162 e. The van der Waals surface area contributed by atoms with Crippen LogP contribution in [0.15, 0.2) is 37.8 Å². The predicted octanol–water partition coefficient (Wildman–Crippen LogP) is -1.05. The van der Waals surface area contributed by atoms with Gasteiger partial charge in [-0.25, -0.2) is 9.98 Å². The maximum absolute atomic E-state index is 10.4. The van der Waals surface area contributed by atoms with Gasteiger partial charge in [-0.3, -0.25) is 4.99 Å². The SMILES string of the molecule is NC1(CC2(c3ccco3)CC2)N=CN=C2C1=NCN2[C@@H]1O[C@H](CO)[C@@H](O)[C@H]1O. The molecule has 0 aromatic carbocycles. The standard InChI is InChI=1S/C18H23N5O5/c19-18(7-17(3-4-17)11-2-1-5-27-11)14-15(20-8-22-18)23(9-21-14)16-13(26)12(25)10(6-24)28-16/h1-2,5,8,10,12-13,16,24-26H,3-4,6-7,9,19H2/t10-,12-,13-,16-,18?/m1/s1. The quantitative estimate of drug-likeness (QED) is 0.502. The molecule has 0 radical (unpaired) electrons. The summed E-state index contributed by atoms with van der Waals surface area (Å²) in [6.07, 6.45) is 1.41. The van der Waals surface area contributed by atoms with Crippen molar-refractivity contribution in [3.05, 3.63) is 24.2 Å². The lowest BCUT2D eigenvalue weighted by Crippen LogP contribution is -2.56. The van der Waals surface area contributed by atoms with Gasteiger partial charge in [-0.05, 0) is 25.0 Å². The maximum atomic E-state index is 10.4. The van der Waals surface area contributed by atoms with E-state index in [1.807, 2.05) is 12.1 Å². The number of aliphatic hydroxyl groups excluding tert-OH is 3. The first-order valence-electron chi connectivity index (χ1n) is 9.36. The van der Waals surface area contributed by atoms with Crippen molar-refractivity contribution < 1.29 is 24.5 Å². The van der Waals surface area contributed by atoms with Gasteiger partial charge in [0.2, 0.25) is 0 Å². The molecule has 5 rings (SSSR count). The second kappa shape index (κ2) is 6.19. The first-order valence-corrected chi connectivity index (χ1v) is 9.36. The lowest BCUT2D eigenvalue weighted by molar-refractivity contribution is -0.0688. The molecular weight excluding hydrogens is 366 g/mol. The summed E-state index contributed by atoms with van der Waals surface area (Å²) >= 11 is 0. The molecule has 4 aliphatic rings. The first-order chi connectivity index (χ1) is 13.5. The fourth-order valence-electron chi connectivity index (χ4n) is 4.36. The van der Waals surface area contributed by atoms with E-state index >= 15 is 0 Å². The van der Waals surface area contributed by atoms with Crippen molar-refractivity contribution in [1.82, 2.24) is 4.90 Å². The zero-order chi connectivity index (χ0) is 19.5. The van der Waals surface area contributed by atoms with Crippen molar-refractivity contribution in [2.24, 2.45) is 20.7 Å². The molecule has 10 nitrogen and oxygen atoms in total. The van der Waals surface area contributed by atoms with Crippen LogP contribution in [0.5, 0.6) is 0 Å². The Labute approximate surface area is 161 Å². The number of furan rings is 1. The Bertz CT molecular complexity index is 849. The van der Waals surface area contributed by atoms with E-state index in [1.165, 1.54) is 6.34 Å². The van der Waals surface area contributed by atoms with Gasteiger partial charge in [0.1, 0.15) is 42.8 Å². The van der Waals surface area contributed by atoms with E-state index < -0.39 is 36.8 Å². The number of rotatable bonds is 5. The monoisotopic (exact) mass is 389 g/mol. The van der Waals surface area contributed by atoms with Crippen LogP contribution < -0.4 is 5.73 Å². The van der Waals surface area contributed by atoms with E-state index in [9.17, 15) is 15.3 Å². The van der Waals surface area contributed by atoms with E-state index in [4.69, 9.17) is 14.9 Å². The molecule has 3 aliphatic heterocycles. The lowest BCUT2D eigenvalue weighted by atomic mass is 9.86. The highest BCUT2D eigenvalue weighted by atomic mass is 16.6. The normalized spacial score (nSPS) is 38.4. The number of nitrogens with two attached hydrogens (primary N) is 1. The first kappa shape index (κ1) is 18.0. The van der Waals surface area contributed by atoms with Crippen LogP contribution in [-0.2, 0) is 10.2 Å². The van der Waals surface area contributed by atoms with Crippen LogP contribution in [0.3, 0.4) is 0 Å². The van der Waals surface area contributed by atoms with Crippen molar-refractivity contribution >= 4 is 17.9 Å². The molecule has 5 atom stereocenters. The topological polar surface area (TPSA) is 149 Å². The minimum atomic E-state index is -1.20. The number of aliphatic imine (C=N–C) groups is 3. The van der Waals surface area contributed by atoms with Crippen LogP contribution in [0, 0.1) is 0 Å². The summed E-state index contributed by atoms with van der Waals surface area (Å²) < 4.78 is 11.2. The van der Waals surface area contributed by atoms with Crippen LogP contribution in [0.2, 0.25) is 0 Å². The number of nitrogens with zero attached hydrogens (tertiary/aromatic N) is 4. The van der Waals surface area contributed by atoms with Gasteiger partial charge in [-0.15, -0.1) is 0 Å². The van der Waals surface area contributed by atoms with Gasteiger partial charge < -0.3 is 35.1 Å². The zero-order valence-electron chi connectivity index (χ0n) is 15.2. The molecule has 0 bridgehead atoms. The molecule has 1 aliphatic carbocycles. The van der Waals surface area contributed by atoms with E-state index in [-0.39, 0.29) is 12.1 Å². The average Bonchev–Trinajstić information content (AvgIpc) is 3.08. The Balaban J connectivity index is 1.39. The van der Waals surface area contributed by atoms with Crippen molar-refractivity contribution in [2.75, 3.05) is 13.3 Å². The summed E-state index contributed by atoms with van der Waals surface area (Å²) in [7, 11) is 0. The van der Waals surface area contributed by atoms with Crippen LogP contribution in [0.25, 0.3) is 0 Å². The molecule has 1 unspecified atom stereocenters. The minimum Gasteiger partial charge on any atom is -0.469 e. The van der Waals surface area contributed by atoms with E-state index in [2.05, 4.69) is 15.0 Å². The molecule has 28 heavy (non-hydrogen) atoms. The third kappa shape index (κ3) is 2.56. The van der Waals surface area contributed by atoms with Gasteiger partial charge in [0.15, 0.2) is 17.7 Å². The Morgan fingerprint density at radius 3 is 2.75 bits per heavy atom. The largest absolute Gasteiger partial charge is 0.469 e. The second-order valence-electron chi connectivity index (χ2n) is 7.90. The highest BCUT2D eigenvalue weighted by Crippen LogP contribution is 2.54. The molecule has 150 valence electrons. The molecule has 1 saturated carbocycles. The fraction of sp³-hybridized carbons (Fsp3) is 0.611. The van der Waals surface area contributed by atoms with Gasteiger partial charge >= 0.3 is 0 Å². The molecule has 1 aromatic heterocycles. The minimum absolute atomic E-state index is 0.157. The van der Waals surface area contributed by atoms with Gasteiger partial charge in [-0.2, -0.15) is 0 Å². The van der Waals surface area contributed by atoms with Gasteiger partial charge in [0.25, 0.3) is 0 Å². The summed E-state index contributed by atoms with van der Waals surface area (Å²) in [6, 6.07) is 3.83. The Hall–Kier alpha value is -2.11. The van der Waals surface area contributed by atoms with Crippen LogP contribution in [0.4, 0.5) is 0 Å². The van der Waals surface area contributed by atoms with Crippen molar-refractivity contribution in [3.8, 4) is 0 Å². The molecular formula is C18H23N5O5. The summed E-state index contributed by atoms with van der Waals surface area (Å²) in [5, 5.41) is 29.7. The highest BCUT2D eigenvalue weighted by Gasteiger charge is 2.56. The van der Waals surface area contributed by atoms with E-state index in [0.717, 1.165) is 18.6 Å². The van der Waals surface area contributed by atoms with Crippen molar-refractivity contribution in [1.29, 1.82) is 0 Å². The number of fused-ring (bicyclic) bond motifs is 1. The predicted molar refractivity (Wildman–Crippen MR) is 99.0 cm³/mol. The highest BCUT2D eigenvalue weighted by molar-refractivity contribution is 6.47. The molecule has 0 spiro atoms. The Morgan fingerprint density at radius 2 is 2.11 bits per heavy atom. The van der Waals surface area contributed by atoms with E-state index in [1.54, 1.807) is 11.2 Å². The third-order valence-electron chi connectivity index (χ3n) is 6.07. The summed E-state index contributed by atoms with van der Waals surface area (Å²) in [5.74, 6) is 1.37. The molecule has 1 aromatic rings. The summed E-state index contributed by atoms with van der Waals surface area (Å²) in [4.78, 5) is 15.0. The summed E-state index contributed by atoms with van der Waals surface area (Å²) in [6.45, 7) is -0.215. The van der Waals surface area contributed by atoms with Crippen molar-refractivity contribution in [2.45, 2.75) is 54.9 Å². The number of hydrogen-bond donors (Lipinski definition) is 4. The number of ether oxygens (including phenoxy) is 1. The molecule has 1 saturated heterocycles. The molecule has 4 heterocycles. The van der Waals surface area contributed by atoms with Crippen molar-refractivity contribution in [3.63, 3.8) is 0 Å². The van der Waals surface area contributed by atoms with E-state index in [0.29, 0.717) is 18.0 Å². The Kier molecular flexibility index (Phi) is 3.97. The van der Waals surface area contributed by atoms with Crippen LogP contribution in [-0.4, -0.2) is 81.6 Å². The van der Waals surface area contributed by atoms with Crippen LogP contribution >= 0.6 is 0 Å². The maximum Gasteiger partial charge on any atom is 0.162 e. The van der Waals surface area contributed by atoms with Crippen LogP contribution in [0.1, 0.15) is 25.0 Å². The third-order valence-corrected chi connectivity index (χ3v) is 6.07. The molecule has 5 N–H and O–H groups in total. The molecule has 0 amide bonds. The molecule has 10 heteroatoms. The van der Waals surface area contributed by atoms with Gasteiger partial charge in [-0.1, -0.05) is 0 Å². The fourth-order valence-corrected chi connectivity index (χ4v) is 4.36. The number of amidine groups is 1.